The lowest BCUT2D eigenvalue weighted by Gasteiger charge is -2.07. The summed E-state index contributed by atoms with van der Waals surface area (Å²) in [4.78, 5) is 16.0. The van der Waals surface area contributed by atoms with Crippen LogP contribution in [0.15, 0.2) is 121 Å². The van der Waals surface area contributed by atoms with Crippen molar-refractivity contribution in [1.29, 1.82) is 0 Å². The van der Waals surface area contributed by atoms with Crippen molar-refractivity contribution >= 4 is 17.1 Å². The number of allylic oxidation sites excluding steroid dienone is 3. The summed E-state index contributed by atoms with van der Waals surface area (Å²) in [6.45, 7) is 3.51. The minimum atomic E-state index is -0.243. The summed E-state index contributed by atoms with van der Waals surface area (Å²) in [5, 5.41) is 2.82. The summed E-state index contributed by atoms with van der Waals surface area (Å²) in [7, 11) is 0. The quantitative estimate of drug-likeness (QED) is 0.305. The molecule has 0 spiro atoms. The van der Waals surface area contributed by atoms with Crippen LogP contribution in [0, 0.1) is 0 Å². The molecule has 1 amide bonds. The van der Waals surface area contributed by atoms with Crippen LogP contribution in [0.3, 0.4) is 0 Å². The Morgan fingerprint density at radius 1 is 1.06 bits per heavy atom. The summed E-state index contributed by atoms with van der Waals surface area (Å²) in [6, 6.07) is 19.8. The smallest absolute Gasteiger partial charge is 0.247 e. The maximum Gasteiger partial charge on any atom is 0.247 e. The number of fused-ring (bicyclic) bond motifs is 1. The Balaban J connectivity index is 1.51. The standard InChI is InChI=1S/C28H19N3O2/c1-2-28(32)30-22-8-6-7-21(17-22)25-18-27(31-19-29-16-15-26(25)31)20-11-13-24(14-12-20)33-23-9-4-3-5-10-23/h2,4,6-19H,1H2,(H,30,32). The predicted molar refractivity (Wildman–Crippen MR) is 130 cm³/mol. The molecule has 1 aliphatic carbocycles. The van der Waals surface area contributed by atoms with Crippen LogP contribution < -0.4 is 10.1 Å². The molecule has 0 bridgehead atoms. The highest BCUT2D eigenvalue weighted by molar-refractivity contribution is 5.99. The fraction of sp³-hybridized carbons (Fsp3) is 0. The first kappa shape index (κ1) is 20.1. The van der Waals surface area contributed by atoms with Crippen LogP contribution in [0.2, 0.25) is 0 Å². The van der Waals surface area contributed by atoms with Gasteiger partial charge in [-0.2, -0.15) is 0 Å². The van der Waals surface area contributed by atoms with E-state index >= 15 is 0 Å². The lowest BCUT2D eigenvalue weighted by molar-refractivity contribution is -0.111. The topological polar surface area (TPSA) is 55.6 Å². The van der Waals surface area contributed by atoms with Crippen molar-refractivity contribution in [3.63, 3.8) is 0 Å². The maximum absolute atomic E-state index is 11.7. The zero-order chi connectivity index (χ0) is 22.6. The van der Waals surface area contributed by atoms with Crippen LogP contribution in [0.25, 0.3) is 27.9 Å². The molecule has 0 saturated carbocycles. The van der Waals surface area contributed by atoms with Crippen LogP contribution >= 0.6 is 0 Å². The van der Waals surface area contributed by atoms with Gasteiger partial charge in [-0.3, -0.25) is 9.20 Å². The number of hydrogen-bond acceptors (Lipinski definition) is 3. The molecular formula is C28H19N3O2. The fourth-order valence-corrected chi connectivity index (χ4v) is 3.69. The van der Waals surface area contributed by atoms with Crippen LogP contribution in [-0.4, -0.2) is 15.3 Å². The number of nitrogens with one attached hydrogen (secondary N) is 1. The Bertz CT molecular complexity index is 1510. The molecule has 0 saturated heterocycles. The molecule has 5 rings (SSSR count). The molecule has 4 aromatic rings. The molecular weight excluding hydrogens is 410 g/mol. The molecule has 33 heavy (non-hydrogen) atoms. The summed E-state index contributed by atoms with van der Waals surface area (Å²) >= 11 is 0. The number of hydrogen-bond donors (Lipinski definition) is 1. The third kappa shape index (κ3) is 4.18. The van der Waals surface area contributed by atoms with Gasteiger partial charge in [0.1, 0.15) is 11.5 Å². The molecule has 0 radical (unpaired) electrons. The van der Waals surface area contributed by atoms with Crippen LogP contribution in [0.1, 0.15) is 0 Å². The van der Waals surface area contributed by atoms with E-state index in [1.807, 2.05) is 60.7 Å². The van der Waals surface area contributed by atoms with Crippen molar-refractivity contribution in [2.75, 3.05) is 5.32 Å². The van der Waals surface area contributed by atoms with Gasteiger partial charge in [-0.1, -0.05) is 30.2 Å². The van der Waals surface area contributed by atoms with Crippen molar-refractivity contribution in [2.45, 2.75) is 0 Å². The first-order valence-corrected chi connectivity index (χ1v) is 10.4. The molecule has 2 heterocycles. The fourth-order valence-electron chi connectivity index (χ4n) is 3.69. The monoisotopic (exact) mass is 429 g/mol. The lowest BCUT2D eigenvalue weighted by atomic mass is 10.0. The van der Waals surface area contributed by atoms with E-state index in [0.717, 1.165) is 33.7 Å². The van der Waals surface area contributed by atoms with Crippen LogP contribution in [0.4, 0.5) is 5.69 Å². The van der Waals surface area contributed by atoms with E-state index in [-0.39, 0.29) is 5.91 Å². The zero-order valence-corrected chi connectivity index (χ0v) is 17.7. The number of ether oxygens (including phenoxy) is 1. The first-order chi connectivity index (χ1) is 16.2. The predicted octanol–water partition coefficient (Wildman–Crippen LogP) is 5.94. The average molecular weight is 429 g/mol. The van der Waals surface area contributed by atoms with E-state index < -0.39 is 0 Å². The second-order valence-corrected chi connectivity index (χ2v) is 7.35. The molecule has 2 aromatic heterocycles. The Morgan fingerprint density at radius 3 is 2.73 bits per heavy atom. The van der Waals surface area contributed by atoms with Crippen molar-refractivity contribution in [3.8, 4) is 28.1 Å². The minimum absolute atomic E-state index is 0.243. The van der Waals surface area contributed by atoms with Gasteiger partial charge in [0, 0.05) is 23.5 Å². The molecule has 158 valence electrons. The normalized spacial score (nSPS) is 11.9. The van der Waals surface area contributed by atoms with Crippen molar-refractivity contribution < 1.29 is 9.53 Å². The molecule has 1 aliphatic rings. The van der Waals surface area contributed by atoms with E-state index in [0.29, 0.717) is 11.4 Å². The molecule has 0 fully saturated rings. The van der Waals surface area contributed by atoms with Gasteiger partial charge in [0.15, 0.2) is 0 Å². The SMILES string of the molecule is C=CC(=O)Nc1cccc(-c2cc(-c3ccc(OC4=CC=C=C=C4)cc3)n3cnccc23)c1. The highest BCUT2D eigenvalue weighted by atomic mass is 16.5. The van der Waals surface area contributed by atoms with Crippen molar-refractivity contribution in [2.24, 2.45) is 0 Å². The summed E-state index contributed by atoms with van der Waals surface area (Å²) in [5.74, 6) is 1.21. The molecule has 0 atom stereocenters. The van der Waals surface area contributed by atoms with Gasteiger partial charge in [0.25, 0.3) is 0 Å². The van der Waals surface area contributed by atoms with Gasteiger partial charge in [-0.05, 0) is 77.9 Å². The highest BCUT2D eigenvalue weighted by Gasteiger charge is 2.13. The van der Waals surface area contributed by atoms with Gasteiger partial charge in [0.2, 0.25) is 5.91 Å². The zero-order valence-electron chi connectivity index (χ0n) is 17.7. The molecule has 0 aliphatic heterocycles. The van der Waals surface area contributed by atoms with E-state index in [2.05, 4.69) is 38.8 Å². The van der Waals surface area contributed by atoms with Crippen LogP contribution in [-0.2, 0) is 4.79 Å². The summed E-state index contributed by atoms with van der Waals surface area (Å²) < 4.78 is 7.93. The number of benzene rings is 2. The van der Waals surface area contributed by atoms with Crippen LogP contribution in [0.5, 0.6) is 5.75 Å². The largest absolute Gasteiger partial charge is 0.457 e. The van der Waals surface area contributed by atoms with Crippen molar-refractivity contribution in [1.82, 2.24) is 9.38 Å². The number of rotatable bonds is 6. The maximum atomic E-state index is 11.7. The van der Waals surface area contributed by atoms with E-state index in [1.165, 1.54) is 6.08 Å². The molecule has 0 unspecified atom stereocenters. The number of carbonyl (C=O) groups is 1. The molecule has 5 heteroatoms. The van der Waals surface area contributed by atoms with E-state index in [1.54, 1.807) is 24.7 Å². The molecule has 2 aromatic carbocycles. The number of anilines is 1. The second-order valence-electron chi connectivity index (χ2n) is 7.35. The number of nitrogens with zero attached hydrogens (tertiary/aromatic N) is 2. The number of aromatic nitrogens is 2. The summed E-state index contributed by atoms with van der Waals surface area (Å²) in [6.07, 6.45) is 10.2. The van der Waals surface area contributed by atoms with Gasteiger partial charge >= 0.3 is 0 Å². The van der Waals surface area contributed by atoms with Gasteiger partial charge in [-0.15, -0.1) is 0 Å². The second kappa shape index (κ2) is 8.74. The Hall–Kier alpha value is -4.82. The third-order valence-corrected chi connectivity index (χ3v) is 5.22. The Morgan fingerprint density at radius 2 is 1.94 bits per heavy atom. The van der Waals surface area contributed by atoms with Gasteiger partial charge in [0.05, 0.1) is 17.5 Å². The molecule has 1 N–H and O–H groups in total. The number of amides is 1. The van der Waals surface area contributed by atoms with Gasteiger partial charge in [-0.25, -0.2) is 4.98 Å². The van der Waals surface area contributed by atoms with Crippen molar-refractivity contribution in [3.05, 3.63) is 121 Å². The van der Waals surface area contributed by atoms with Gasteiger partial charge < -0.3 is 10.1 Å². The Kier molecular flexibility index (Phi) is 5.32. The highest BCUT2D eigenvalue weighted by Crippen LogP contribution is 2.34. The minimum Gasteiger partial charge on any atom is -0.457 e. The molecule has 5 nitrogen and oxygen atoms in total. The Labute approximate surface area is 191 Å². The lowest BCUT2D eigenvalue weighted by Crippen LogP contribution is -2.06. The van der Waals surface area contributed by atoms with E-state index in [4.69, 9.17) is 4.74 Å². The van der Waals surface area contributed by atoms with E-state index in [9.17, 15) is 4.79 Å². The average Bonchev–Trinajstić information content (AvgIpc) is 3.25. The third-order valence-electron chi connectivity index (χ3n) is 5.22. The number of carbonyl (C=O) groups excluding carboxylic acids is 1. The first-order valence-electron chi connectivity index (χ1n) is 10.4. The summed E-state index contributed by atoms with van der Waals surface area (Å²) in [5.41, 5.74) is 11.5.